The third kappa shape index (κ3) is 12.0. The van der Waals surface area contributed by atoms with E-state index in [0.29, 0.717) is 22.2 Å². The van der Waals surface area contributed by atoms with Gasteiger partial charge in [-0.05, 0) is 87.3 Å². The van der Waals surface area contributed by atoms with Gasteiger partial charge in [-0.15, -0.1) is 18.3 Å². The number of para-hydroxylation sites is 1. The fraction of sp³-hybridized carbons (Fsp3) is 0.273. The van der Waals surface area contributed by atoms with E-state index in [0.717, 1.165) is 34.1 Å². The van der Waals surface area contributed by atoms with Crippen LogP contribution in [0, 0.1) is 13.8 Å². The molecule has 0 fully saturated rings. The van der Waals surface area contributed by atoms with Gasteiger partial charge in [0.2, 0.25) is 0 Å². The van der Waals surface area contributed by atoms with E-state index >= 15 is 0 Å². The molecule has 0 saturated carbocycles. The molecule has 0 bridgehead atoms. The molecule has 0 saturated heterocycles. The van der Waals surface area contributed by atoms with E-state index in [9.17, 15) is 22.8 Å². The lowest BCUT2D eigenvalue weighted by atomic mass is 10.1. The van der Waals surface area contributed by atoms with Crippen LogP contribution in [0.5, 0.6) is 5.75 Å². The van der Waals surface area contributed by atoms with Gasteiger partial charge in [0.15, 0.2) is 11.0 Å². The Hall–Kier alpha value is -5.38. The van der Waals surface area contributed by atoms with Crippen LogP contribution >= 0.6 is 11.8 Å². The Morgan fingerprint density at radius 3 is 2.29 bits per heavy atom. The van der Waals surface area contributed by atoms with Crippen LogP contribution in [0.3, 0.4) is 0 Å². The van der Waals surface area contributed by atoms with Gasteiger partial charge in [-0.2, -0.15) is 5.10 Å². The van der Waals surface area contributed by atoms with E-state index in [-0.39, 0.29) is 18.2 Å². The topological polar surface area (TPSA) is 141 Å². The summed E-state index contributed by atoms with van der Waals surface area (Å²) in [5, 5.41) is 11.4. The summed E-state index contributed by atoms with van der Waals surface area (Å²) in [7, 11) is 0. The first-order valence-corrected chi connectivity index (χ1v) is 15.7. The zero-order valence-electron chi connectivity index (χ0n) is 27.2. The number of hydrazone groups is 1. The first-order chi connectivity index (χ1) is 23.1. The average Bonchev–Trinajstić information content (AvgIpc) is 3.51. The number of ether oxygens (including phenoxy) is 3. The van der Waals surface area contributed by atoms with Crippen molar-refractivity contribution in [3.8, 4) is 22.8 Å². The number of hydrogen-bond acceptors (Lipinski definition) is 10. The number of esters is 1. The molecule has 4 rings (SSSR count). The minimum absolute atomic E-state index is 0.0963. The standard InChI is InChI=1S/C33H34F3N7O5S/c1-21-7-6-8-22(2)28(21)40-30(49-20-46-27(44)18-37-31(45)48-32(3,4)5)41-39-17-23-9-11-24(12-10-23)29-38-19-43(42-29)25-13-15-26(16-14-25)47-33(34,35)36/h6-17,19H,18,20H2,1-5H3,(H,37,45)(H,40,41)/b39-17+. The Morgan fingerprint density at radius 2 is 1.65 bits per heavy atom. The molecule has 4 aromatic rings. The van der Waals surface area contributed by atoms with E-state index in [1.54, 1.807) is 51.3 Å². The number of hydrogen-bond donors (Lipinski definition) is 2. The minimum atomic E-state index is -4.77. The highest BCUT2D eigenvalue weighted by Gasteiger charge is 2.31. The average molecular weight is 698 g/mol. The van der Waals surface area contributed by atoms with Crippen molar-refractivity contribution in [1.82, 2.24) is 25.5 Å². The van der Waals surface area contributed by atoms with Crippen LogP contribution in [0.2, 0.25) is 0 Å². The van der Waals surface area contributed by atoms with E-state index in [4.69, 9.17) is 14.5 Å². The predicted octanol–water partition coefficient (Wildman–Crippen LogP) is 6.82. The Bertz CT molecular complexity index is 1780. The first kappa shape index (κ1) is 36.5. The van der Waals surface area contributed by atoms with Crippen LogP contribution in [0.15, 0.2) is 83.2 Å². The fourth-order valence-corrected chi connectivity index (χ4v) is 4.61. The van der Waals surface area contributed by atoms with Gasteiger partial charge in [0, 0.05) is 5.56 Å². The quantitative estimate of drug-likeness (QED) is 0.0601. The summed E-state index contributed by atoms with van der Waals surface area (Å²) < 4.78 is 53.0. The molecule has 49 heavy (non-hydrogen) atoms. The number of alkyl halides is 3. The Kier molecular flexibility index (Phi) is 12.0. The van der Waals surface area contributed by atoms with Crippen molar-refractivity contribution in [1.29, 1.82) is 0 Å². The second kappa shape index (κ2) is 16.1. The third-order valence-electron chi connectivity index (χ3n) is 6.21. The number of rotatable bonds is 10. The number of alkyl carbamates (subject to hydrolysis) is 1. The number of benzene rings is 3. The molecule has 1 heterocycles. The molecule has 1 amide bonds. The van der Waals surface area contributed by atoms with Gasteiger partial charge in [0.05, 0.1) is 17.6 Å². The van der Waals surface area contributed by atoms with E-state index in [2.05, 4.69) is 30.7 Å². The number of nitrogens with zero attached hydrogens (tertiary/aromatic N) is 5. The van der Waals surface area contributed by atoms with Gasteiger partial charge in [-0.1, -0.05) is 42.5 Å². The normalized spacial score (nSPS) is 12.1. The molecule has 0 aliphatic heterocycles. The highest BCUT2D eigenvalue weighted by atomic mass is 32.2. The third-order valence-corrected chi connectivity index (χ3v) is 6.91. The Labute approximate surface area is 284 Å². The number of halogens is 3. The molecule has 2 N–H and O–H groups in total. The van der Waals surface area contributed by atoms with Gasteiger partial charge in [0.25, 0.3) is 0 Å². The van der Waals surface area contributed by atoms with Crippen molar-refractivity contribution >= 4 is 40.9 Å². The van der Waals surface area contributed by atoms with E-state index < -0.39 is 24.0 Å². The second-order valence-corrected chi connectivity index (χ2v) is 12.2. The van der Waals surface area contributed by atoms with Crippen molar-refractivity contribution in [3.63, 3.8) is 0 Å². The number of nitrogens with one attached hydrogen (secondary N) is 2. The molecule has 3 aromatic carbocycles. The van der Waals surface area contributed by atoms with E-state index in [1.807, 2.05) is 32.0 Å². The van der Waals surface area contributed by atoms with Gasteiger partial charge < -0.3 is 19.5 Å². The molecule has 258 valence electrons. The summed E-state index contributed by atoms with van der Waals surface area (Å²) >= 11 is 1.11. The van der Waals surface area contributed by atoms with Crippen LogP contribution in [0.25, 0.3) is 17.1 Å². The SMILES string of the molecule is Cc1cccc(C)c1/N=C(/N/N=C/c1ccc(-c2ncn(-c3ccc(OC(F)(F)F)cc3)n2)cc1)SCOC(=O)CNC(=O)OC(C)(C)C. The number of carbonyl (C=O) groups is 2. The maximum atomic E-state index is 12.4. The number of aryl methyl sites for hydroxylation is 2. The molecule has 0 unspecified atom stereocenters. The maximum absolute atomic E-state index is 12.4. The molecule has 1 aromatic heterocycles. The van der Waals surface area contributed by atoms with Crippen LogP contribution < -0.4 is 15.5 Å². The van der Waals surface area contributed by atoms with Crippen molar-refractivity contribution in [2.45, 2.75) is 46.6 Å². The van der Waals surface area contributed by atoms with Crippen molar-refractivity contribution in [2.24, 2.45) is 10.1 Å². The lowest BCUT2D eigenvalue weighted by Gasteiger charge is -2.19. The number of amidine groups is 1. The summed E-state index contributed by atoms with van der Waals surface area (Å²) in [5.41, 5.74) is 6.80. The van der Waals surface area contributed by atoms with Gasteiger partial charge >= 0.3 is 18.4 Å². The van der Waals surface area contributed by atoms with Crippen molar-refractivity contribution in [2.75, 3.05) is 12.5 Å². The molecular weight excluding hydrogens is 663 g/mol. The summed E-state index contributed by atoms with van der Waals surface area (Å²) in [4.78, 5) is 33.0. The number of carbonyl (C=O) groups excluding carboxylic acids is 2. The molecule has 0 aliphatic carbocycles. The zero-order chi connectivity index (χ0) is 35.6. The molecule has 12 nitrogen and oxygen atoms in total. The van der Waals surface area contributed by atoms with Gasteiger partial charge in [-0.3, -0.25) is 10.2 Å². The van der Waals surface area contributed by atoms with Crippen LogP contribution in [0.4, 0.5) is 23.7 Å². The lowest BCUT2D eigenvalue weighted by molar-refractivity contribution is -0.274. The molecular formula is C33H34F3N7O5S. The number of aromatic nitrogens is 3. The molecule has 0 aliphatic rings. The highest BCUT2D eigenvalue weighted by Crippen LogP contribution is 2.25. The Morgan fingerprint density at radius 1 is 0.980 bits per heavy atom. The monoisotopic (exact) mass is 697 g/mol. The van der Waals surface area contributed by atoms with Gasteiger partial charge in [-0.25, -0.2) is 19.5 Å². The van der Waals surface area contributed by atoms with Crippen molar-refractivity contribution in [3.05, 3.63) is 89.7 Å². The predicted molar refractivity (Wildman–Crippen MR) is 180 cm³/mol. The highest BCUT2D eigenvalue weighted by molar-refractivity contribution is 8.13. The minimum Gasteiger partial charge on any atom is -0.453 e. The first-order valence-electron chi connectivity index (χ1n) is 14.7. The number of thioether (sulfide) groups is 1. The second-order valence-electron chi connectivity index (χ2n) is 11.3. The maximum Gasteiger partial charge on any atom is 0.573 e. The number of amides is 1. The molecule has 0 atom stereocenters. The van der Waals surface area contributed by atoms with E-state index in [1.165, 1.54) is 35.3 Å². The molecule has 0 spiro atoms. The summed E-state index contributed by atoms with van der Waals surface area (Å²) in [6, 6.07) is 18.3. The van der Waals surface area contributed by atoms with Crippen LogP contribution in [-0.4, -0.2) is 62.7 Å². The fourth-order valence-electron chi connectivity index (χ4n) is 4.03. The van der Waals surface area contributed by atoms with Crippen molar-refractivity contribution < 1.29 is 37.0 Å². The largest absolute Gasteiger partial charge is 0.573 e. The summed E-state index contributed by atoms with van der Waals surface area (Å²) in [6.45, 7) is 8.66. The smallest absolute Gasteiger partial charge is 0.453 e. The molecule has 16 heteroatoms. The van der Waals surface area contributed by atoms with Gasteiger partial charge in [0.1, 0.15) is 30.2 Å². The van der Waals surface area contributed by atoms with Crippen LogP contribution in [-0.2, 0) is 14.3 Å². The van der Waals surface area contributed by atoms with Crippen LogP contribution in [0.1, 0.15) is 37.5 Å². The summed E-state index contributed by atoms with van der Waals surface area (Å²) in [6.07, 6.45) is -2.46. The summed E-state index contributed by atoms with van der Waals surface area (Å²) in [5.74, 6) is -0.673. The number of aliphatic imine (C=N–C) groups is 1. The zero-order valence-corrected chi connectivity index (χ0v) is 28.1. The molecule has 0 radical (unpaired) electrons. The Balaban J connectivity index is 1.37. The lowest BCUT2D eigenvalue weighted by Crippen LogP contribution is -2.36.